The lowest BCUT2D eigenvalue weighted by Crippen LogP contribution is -2.09. The predicted molar refractivity (Wildman–Crippen MR) is 79.9 cm³/mol. The van der Waals surface area contributed by atoms with Crippen LogP contribution < -0.4 is 4.74 Å². The molecule has 5 heteroatoms. The van der Waals surface area contributed by atoms with Gasteiger partial charge in [-0.2, -0.15) is 0 Å². The summed E-state index contributed by atoms with van der Waals surface area (Å²) in [5.41, 5.74) is 1.72. The average Bonchev–Trinajstić information content (AvgIpc) is 2.55. The maximum atomic E-state index is 12.1. The van der Waals surface area contributed by atoms with Crippen molar-refractivity contribution in [1.29, 1.82) is 0 Å². The van der Waals surface area contributed by atoms with Crippen LogP contribution >= 0.6 is 0 Å². The summed E-state index contributed by atoms with van der Waals surface area (Å²) in [6, 6.07) is 13.2. The van der Waals surface area contributed by atoms with Crippen LogP contribution in [0, 0.1) is 0 Å². The number of esters is 2. The molecule has 2 rings (SSSR count). The zero-order valence-corrected chi connectivity index (χ0v) is 12.4. The highest BCUT2D eigenvalue weighted by Crippen LogP contribution is 2.15. The highest BCUT2D eigenvalue weighted by atomic mass is 16.5. The van der Waals surface area contributed by atoms with Crippen LogP contribution in [-0.2, 0) is 16.1 Å². The minimum Gasteiger partial charge on any atom is -0.465 e. The molecule has 114 valence electrons. The van der Waals surface area contributed by atoms with Gasteiger partial charge in [-0.3, -0.25) is 0 Å². The second-order valence-electron chi connectivity index (χ2n) is 4.54. The van der Waals surface area contributed by atoms with Crippen molar-refractivity contribution in [1.82, 2.24) is 0 Å². The first-order chi connectivity index (χ1) is 10.6. The molecule has 0 aromatic heterocycles. The Bertz CT molecular complexity index is 661. The van der Waals surface area contributed by atoms with E-state index in [1.54, 1.807) is 37.4 Å². The van der Waals surface area contributed by atoms with E-state index in [2.05, 4.69) is 4.74 Å². The van der Waals surface area contributed by atoms with Gasteiger partial charge in [-0.25, -0.2) is 9.59 Å². The lowest BCUT2D eigenvalue weighted by atomic mass is 10.1. The molecule has 0 unspecified atom stereocenters. The van der Waals surface area contributed by atoms with E-state index in [9.17, 15) is 9.59 Å². The Balaban J connectivity index is 2.08. The molecule has 2 aromatic rings. The van der Waals surface area contributed by atoms with E-state index in [0.717, 1.165) is 5.56 Å². The van der Waals surface area contributed by atoms with Crippen molar-refractivity contribution in [3.05, 3.63) is 65.2 Å². The molecule has 2 aromatic carbocycles. The molecule has 0 fully saturated rings. The van der Waals surface area contributed by atoms with Crippen LogP contribution in [0.5, 0.6) is 5.75 Å². The molecular formula is C17H16O5. The fourth-order valence-electron chi connectivity index (χ4n) is 1.90. The standard InChI is InChI=1S/C17H16O5/c1-20-11-12-4-3-5-14(10-12)17(19)22-15-8-6-13(7-9-15)16(18)21-2/h3-10H,11H2,1-2H3. The minimum absolute atomic E-state index is 0.356. The van der Waals surface area contributed by atoms with Crippen LogP contribution in [0.25, 0.3) is 0 Å². The summed E-state index contributed by atoms with van der Waals surface area (Å²) in [5, 5.41) is 0. The lowest BCUT2D eigenvalue weighted by Gasteiger charge is -2.06. The van der Waals surface area contributed by atoms with Gasteiger partial charge in [0, 0.05) is 7.11 Å². The maximum Gasteiger partial charge on any atom is 0.343 e. The fourth-order valence-corrected chi connectivity index (χ4v) is 1.90. The Morgan fingerprint density at radius 2 is 1.64 bits per heavy atom. The average molecular weight is 300 g/mol. The number of benzene rings is 2. The molecule has 0 N–H and O–H groups in total. The third-order valence-corrected chi connectivity index (χ3v) is 2.96. The number of carbonyl (C=O) groups excluding carboxylic acids is 2. The van der Waals surface area contributed by atoms with Gasteiger partial charge < -0.3 is 14.2 Å². The first-order valence-corrected chi connectivity index (χ1v) is 6.62. The number of ether oxygens (including phenoxy) is 3. The van der Waals surface area contributed by atoms with Crippen LogP contribution in [0.3, 0.4) is 0 Å². The number of hydrogen-bond donors (Lipinski definition) is 0. The molecule has 0 saturated carbocycles. The largest absolute Gasteiger partial charge is 0.465 e. The fraction of sp³-hybridized carbons (Fsp3) is 0.176. The van der Waals surface area contributed by atoms with Crippen molar-refractivity contribution in [3.63, 3.8) is 0 Å². The highest BCUT2D eigenvalue weighted by molar-refractivity contribution is 5.92. The molecule has 0 spiro atoms. The quantitative estimate of drug-likeness (QED) is 0.627. The molecular weight excluding hydrogens is 284 g/mol. The molecule has 0 atom stereocenters. The van der Waals surface area contributed by atoms with Crippen LogP contribution in [0.2, 0.25) is 0 Å². The van der Waals surface area contributed by atoms with Gasteiger partial charge in [-0.1, -0.05) is 12.1 Å². The van der Waals surface area contributed by atoms with Crippen LogP contribution in [0.1, 0.15) is 26.3 Å². The first kappa shape index (κ1) is 15.7. The Morgan fingerprint density at radius 1 is 0.909 bits per heavy atom. The molecule has 0 saturated heterocycles. The van der Waals surface area contributed by atoms with Crippen molar-refractivity contribution in [3.8, 4) is 5.75 Å². The zero-order valence-electron chi connectivity index (χ0n) is 12.4. The van der Waals surface area contributed by atoms with Crippen molar-refractivity contribution >= 4 is 11.9 Å². The van der Waals surface area contributed by atoms with E-state index in [1.165, 1.54) is 19.2 Å². The third kappa shape index (κ3) is 3.93. The topological polar surface area (TPSA) is 61.8 Å². The summed E-state index contributed by atoms with van der Waals surface area (Å²) >= 11 is 0. The van der Waals surface area contributed by atoms with Crippen molar-refractivity contribution in [2.75, 3.05) is 14.2 Å². The van der Waals surface area contributed by atoms with Crippen molar-refractivity contribution in [2.45, 2.75) is 6.61 Å². The Hall–Kier alpha value is -2.66. The van der Waals surface area contributed by atoms with Crippen LogP contribution in [0.4, 0.5) is 0 Å². The minimum atomic E-state index is -0.469. The van der Waals surface area contributed by atoms with Gasteiger partial charge in [0.2, 0.25) is 0 Å². The Labute approximate surface area is 128 Å². The summed E-state index contributed by atoms with van der Waals surface area (Å²) in [6.45, 7) is 0.426. The summed E-state index contributed by atoms with van der Waals surface area (Å²) < 4.78 is 14.9. The third-order valence-electron chi connectivity index (χ3n) is 2.96. The van der Waals surface area contributed by atoms with E-state index in [1.807, 2.05) is 6.07 Å². The van der Waals surface area contributed by atoms with E-state index in [-0.39, 0.29) is 0 Å². The lowest BCUT2D eigenvalue weighted by molar-refractivity contribution is 0.0600. The molecule has 5 nitrogen and oxygen atoms in total. The van der Waals surface area contributed by atoms with Gasteiger partial charge in [-0.15, -0.1) is 0 Å². The van der Waals surface area contributed by atoms with Gasteiger partial charge in [-0.05, 0) is 42.0 Å². The van der Waals surface area contributed by atoms with Gasteiger partial charge in [0.15, 0.2) is 0 Å². The number of hydrogen-bond acceptors (Lipinski definition) is 5. The second kappa shape index (κ2) is 7.38. The summed E-state index contributed by atoms with van der Waals surface area (Å²) in [7, 11) is 2.90. The zero-order chi connectivity index (χ0) is 15.9. The van der Waals surface area contributed by atoms with Gasteiger partial charge >= 0.3 is 11.9 Å². The monoisotopic (exact) mass is 300 g/mol. The molecule has 0 aliphatic heterocycles. The normalized spacial score (nSPS) is 10.1. The number of rotatable bonds is 5. The molecule has 22 heavy (non-hydrogen) atoms. The van der Waals surface area contributed by atoms with E-state index in [4.69, 9.17) is 9.47 Å². The summed E-state index contributed by atoms with van der Waals surface area (Å²) in [5.74, 6) is -0.552. The first-order valence-electron chi connectivity index (χ1n) is 6.62. The van der Waals surface area contributed by atoms with Crippen LogP contribution in [0.15, 0.2) is 48.5 Å². The van der Waals surface area contributed by atoms with Crippen molar-refractivity contribution < 1.29 is 23.8 Å². The smallest absolute Gasteiger partial charge is 0.343 e. The molecule has 0 amide bonds. The molecule has 0 aliphatic carbocycles. The van der Waals surface area contributed by atoms with Crippen molar-refractivity contribution in [2.24, 2.45) is 0 Å². The van der Waals surface area contributed by atoms with E-state index < -0.39 is 11.9 Å². The summed E-state index contributed by atoms with van der Waals surface area (Å²) in [4.78, 5) is 23.4. The SMILES string of the molecule is COCc1cccc(C(=O)Oc2ccc(C(=O)OC)cc2)c1. The Morgan fingerprint density at radius 3 is 2.27 bits per heavy atom. The second-order valence-corrected chi connectivity index (χ2v) is 4.54. The molecule has 0 aliphatic rings. The van der Waals surface area contributed by atoms with Gasteiger partial charge in [0.05, 0.1) is 24.8 Å². The highest BCUT2D eigenvalue weighted by Gasteiger charge is 2.10. The summed E-state index contributed by atoms with van der Waals surface area (Å²) in [6.07, 6.45) is 0. The van der Waals surface area contributed by atoms with Crippen LogP contribution in [-0.4, -0.2) is 26.2 Å². The van der Waals surface area contributed by atoms with Gasteiger partial charge in [0.25, 0.3) is 0 Å². The van der Waals surface area contributed by atoms with E-state index in [0.29, 0.717) is 23.5 Å². The predicted octanol–water partition coefficient (Wildman–Crippen LogP) is 2.84. The molecule has 0 heterocycles. The number of carbonyl (C=O) groups is 2. The van der Waals surface area contributed by atoms with E-state index >= 15 is 0 Å². The molecule has 0 radical (unpaired) electrons. The Kier molecular flexibility index (Phi) is 5.27. The number of methoxy groups -OCH3 is 2. The molecule has 0 bridgehead atoms. The van der Waals surface area contributed by atoms with Gasteiger partial charge in [0.1, 0.15) is 5.75 Å². The maximum absolute atomic E-state index is 12.1.